The minimum Gasteiger partial charge on any atom is -0.435 e. The van der Waals surface area contributed by atoms with Crippen LogP contribution in [0.2, 0.25) is 0 Å². The van der Waals surface area contributed by atoms with Gasteiger partial charge < -0.3 is 9.53 Å². The lowest BCUT2D eigenvalue weighted by molar-refractivity contribution is -0.111. The number of alkyl halides is 2. The highest BCUT2D eigenvalue weighted by molar-refractivity contribution is 5.69. The summed E-state index contributed by atoms with van der Waals surface area (Å²) in [5.74, 6) is 0.0459. The molecule has 0 aromatic heterocycles. The maximum absolute atomic E-state index is 12.1. The Hall–Kier alpha value is -1.45. The van der Waals surface area contributed by atoms with Gasteiger partial charge in [0.2, 0.25) is 0 Å². The van der Waals surface area contributed by atoms with Crippen molar-refractivity contribution in [1.29, 1.82) is 0 Å². The summed E-state index contributed by atoms with van der Waals surface area (Å²) in [5, 5.41) is 0. The zero-order chi connectivity index (χ0) is 11.5. The smallest absolute Gasteiger partial charge is 0.387 e. The van der Waals surface area contributed by atoms with E-state index in [1.807, 2.05) is 0 Å². The topological polar surface area (TPSA) is 26.3 Å². The monoisotopic (exact) mass is 214 g/mol. The van der Waals surface area contributed by atoms with Gasteiger partial charge in [-0.2, -0.15) is 8.78 Å². The molecule has 82 valence electrons. The van der Waals surface area contributed by atoms with Crippen molar-refractivity contribution in [3.63, 3.8) is 0 Å². The molecule has 0 aliphatic rings. The molecule has 1 rings (SSSR count). The number of hydrogen-bond acceptors (Lipinski definition) is 2. The van der Waals surface area contributed by atoms with Gasteiger partial charge in [-0.05, 0) is 19.9 Å². The van der Waals surface area contributed by atoms with E-state index in [-0.39, 0.29) is 5.75 Å². The third kappa shape index (κ3) is 2.75. The van der Waals surface area contributed by atoms with Crippen LogP contribution in [-0.2, 0) is 10.2 Å². The van der Waals surface area contributed by atoms with Crippen molar-refractivity contribution in [1.82, 2.24) is 0 Å². The maximum atomic E-state index is 12.1. The van der Waals surface area contributed by atoms with E-state index in [9.17, 15) is 13.6 Å². The Balaban J connectivity index is 3.11. The average molecular weight is 214 g/mol. The predicted octanol–water partition coefficient (Wildman–Crippen LogP) is 2.76. The van der Waals surface area contributed by atoms with Crippen molar-refractivity contribution < 1.29 is 18.3 Å². The number of halogens is 2. The zero-order valence-corrected chi connectivity index (χ0v) is 8.54. The predicted molar refractivity (Wildman–Crippen MR) is 52.2 cm³/mol. The molecule has 0 saturated heterocycles. The quantitative estimate of drug-likeness (QED) is 0.720. The van der Waals surface area contributed by atoms with Gasteiger partial charge in [0.1, 0.15) is 12.0 Å². The van der Waals surface area contributed by atoms with Crippen LogP contribution in [-0.4, -0.2) is 12.9 Å². The molecule has 15 heavy (non-hydrogen) atoms. The van der Waals surface area contributed by atoms with Gasteiger partial charge in [0.15, 0.2) is 0 Å². The molecule has 0 atom stereocenters. The lowest BCUT2D eigenvalue weighted by Crippen LogP contribution is -2.20. The molecular weight excluding hydrogens is 202 g/mol. The van der Waals surface area contributed by atoms with E-state index >= 15 is 0 Å². The first-order valence-electron chi connectivity index (χ1n) is 4.48. The Kier molecular flexibility index (Phi) is 3.39. The van der Waals surface area contributed by atoms with Crippen LogP contribution in [0.3, 0.4) is 0 Å². The molecule has 0 unspecified atom stereocenters. The van der Waals surface area contributed by atoms with E-state index in [1.165, 1.54) is 6.07 Å². The second kappa shape index (κ2) is 4.38. The fourth-order valence-corrected chi connectivity index (χ4v) is 1.26. The second-order valence-corrected chi connectivity index (χ2v) is 3.71. The lowest BCUT2D eigenvalue weighted by Gasteiger charge is -2.20. The summed E-state index contributed by atoms with van der Waals surface area (Å²) in [6.07, 6.45) is 0.709. The van der Waals surface area contributed by atoms with Crippen molar-refractivity contribution in [2.75, 3.05) is 0 Å². The molecule has 4 heteroatoms. The first kappa shape index (κ1) is 11.6. The summed E-state index contributed by atoms with van der Waals surface area (Å²) in [4.78, 5) is 10.8. The fraction of sp³-hybridized carbons (Fsp3) is 0.364. The van der Waals surface area contributed by atoms with E-state index in [0.29, 0.717) is 11.8 Å². The summed E-state index contributed by atoms with van der Waals surface area (Å²) in [6.45, 7) is 0.412. The van der Waals surface area contributed by atoms with Gasteiger partial charge in [-0.25, -0.2) is 0 Å². The Morgan fingerprint density at radius 1 is 1.33 bits per heavy atom. The van der Waals surface area contributed by atoms with E-state index in [2.05, 4.69) is 4.74 Å². The number of carbonyl (C=O) groups excluding carboxylic acids is 1. The van der Waals surface area contributed by atoms with Crippen LogP contribution in [0.5, 0.6) is 5.75 Å². The second-order valence-electron chi connectivity index (χ2n) is 3.71. The normalized spacial score (nSPS) is 11.5. The molecular formula is C11H12F2O2. The summed E-state index contributed by atoms with van der Waals surface area (Å²) < 4.78 is 28.5. The van der Waals surface area contributed by atoms with Gasteiger partial charge in [0.25, 0.3) is 0 Å². The van der Waals surface area contributed by atoms with Crippen LogP contribution >= 0.6 is 0 Å². The molecule has 0 aliphatic heterocycles. The summed E-state index contributed by atoms with van der Waals surface area (Å²) in [7, 11) is 0. The zero-order valence-electron chi connectivity index (χ0n) is 8.54. The van der Waals surface area contributed by atoms with Gasteiger partial charge in [0.05, 0.1) is 0 Å². The number of para-hydroxylation sites is 1. The number of aldehydes is 1. The number of carbonyl (C=O) groups is 1. The molecule has 0 radical (unpaired) electrons. The number of hydrogen-bond donors (Lipinski definition) is 0. The number of benzene rings is 1. The minimum absolute atomic E-state index is 0.0459. The van der Waals surface area contributed by atoms with Crippen LogP contribution in [0.25, 0.3) is 0 Å². The maximum Gasteiger partial charge on any atom is 0.387 e. The van der Waals surface area contributed by atoms with Crippen LogP contribution in [0.4, 0.5) is 8.78 Å². The van der Waals surface area contributed by atoms with E-state index < -0.39 is 12.0 Å². The largest absolute Gasteiger partial charge is 0.435 e. The lowest BCUT2D eigenvalue weighted by atomic mass is 9.86. The van der Waals surface area contributed by atoms with Gasteiger partial charge in [-0.3, -0.25) is 0 Å². The molecule has 0 saturated carbocycles. The van der Waals surface area contributed by atoms with E-state index in [0.717, 1.165) is 0 Å². The number of ether oxygens (including phenoxy) is 1. The van der Waals surface area contributed by atoms with Gasteiger partial charge in [0, 0.05) is 11.0 Å². The molecule has 1 aromatic rings. The van der Waals surface area contributed by atoms with E-state index in [4.69, 9.17) is 0 Å². The molecule has 1 aromatic carbocycles. The van der Waals surface area contributed by atoms with Crippen molar-refractivity contribution in [2.24, 2.45) is 0 Å². The van der Waals surface area contributed by atoms with Crippen LogP contribution in [0.15, 0.2) is 24.3 Å². The highest BCUT2D eigenvalue weighted by atomic mass is 19.3. The Morgan fingerprint density at radius 3 is 2.47 bits per heavy atom. The summed E-state index contributed by atoms with van der Waals surface area (Å²) >= 11 is 0. The van der Waals surface area contributed by atoms with Crippen LogP contribution in [0.1, 0.15) is 19.4 Å². The van der Waals surface area contributed by atoms with Crippen molar-refractivity contribution in [2.45, 2.75) is 25.9 Å². The Labute approximate surface area is 86.9 Å². The molecule has 0 amide bonds. The molecule has 0 bridgehead atoms. The first-order chi connectivity index (χ1) is 6.97. The first-order valence-corrected chi connectivity index (χ1v) is 4.48. The number of rotatable bonds is 4. The highest BCUT2D eigenvalue weighted by Crippen LogP contribution is 2.30. The van der Waals surface area contributed by atoms with Crippen LogP contribution in [0, 0.1) is 0 Å². The molecule has 0 fully saturated rings. The van der Waals surface area contributed by atoms with Crippen molar-refractivity contribution in [3.05, 3.63) is 29.8 Å². The molecule has 0 spiro atoms. The Morgan fingerprint density at radius 2 is 1.93 bits per heavy atom. The SMILES string of the molecule is CC(C)(C=O)c1ccccc1OC(F)F. The van der Waals surface area contributed by atoms with Crippen molar-refractivity contribution >= 4 is 6.29 Å². The molecule has 0 N–H and O–H groups in total. The van der Waals surface area contributed by atoms with Crippen molar-refractivity contribution in [3.8, 4) is 5.75 Å². The molecule has 2 nitrogen and oxygen atoms in total. The Bertz CT molecular complexity index is 348. The van der Waals surface area contributed by atoms with Gasteiger partial charge in [-0.15, -0.1) is 0 Å². The standard InChI is InChI=1S/C11H12F2O2/c1-11(2,7-14)8-5-3-4-6-9(8)15-10(12)13/h3-7,10H,1-2H3. The third-order valence-electron chi connectivity index (χ3n) is 2.09. The van der Waals surface area contributed by atoms with E-state index in [1.54, 1.807) is 32.0 Å². The molecule has 0 aliphatic carbocycles. The highest BCUT2D eigenvalue weighted by Gasteiger charge is 2.24. The third-order valence-corrected chi connectivity index (χ3v) is 2.09. The van der Waals surface area contributed by atoms with Crippen LogP contribution < -0.4 is 4.74 Å². The average Bonchev–Trinajstić information content (AvgIpc) is 2.17. The van der Waals surface area contributed by atoms with Gasteiger partial charge >= 0.3 is 6.61 Å². The fourth-order valence-electron chi connectivity index (χ4n) is 1.26. The minimum atomic E-state index is -2.88. The molecule has 0 heterocycles. The summed E-state index contributed by atoms with van der Waals surface area (Å²) in [5.41, 5.74) is -0.369. The van der Waals surface area contributed by atoms with Gasteiger partial charge in [-0.1, -0.05) is 18.2 Å². The summed E-state index contributed by atoms with van der Waals surface area (Å²) in [6, 6.07) is 6.29.